The molecule has 3 aromatic rings. The zero-order valence-corrected chi connectivity index (χ0v) is 20.8. The van der Waals surface area contributed by atoms with Gasteiger partial charge in [-0.1, -0.05) is 74.9 Å². The van der Waals surface area contributed by atoms with Gasteiger partial charge in [0.25, 0.3) is 10.0 Å². The molecule has 0 atom stereocenters. The maximum Gasteiger partial charge on any atom is 0.282 e. The Morgan fingerprint density at radius 2 is 1.50 bits per heavy atom. The summed E-state index contributed by atoms with van der Waals surface area (Å²) in [5.74, 6) is -0.207. The number of carbonyl (C=O) groups excluding carboxylic acids is 1. The molecule has 1 aliphatic rings. The fourth-order valence-corrected chi connectivity index (χ4v) is 4.90. The molecule has 0 saturated heterocycles. The fraction of sp³-hybridized carbons (Fsp3) is 0.214. The zero-order chi connectivity index (χ0) is 24.7. The number of aryl methyl sites for hydroxylation is 2. The lowest BCUT2D eigenvalue weighted by molar-refractivity contribution is 0.103. The lowest BCUT2D eigenvalue weighted by Crippen LogP contribution is -2.23. The summed E-state index contributed by atoms with van der Waals surface area (Å²) < 4.78 is 30.5. The second-order valence-electron chi connectivity index (χ2n) is 9.60. The van der Waals surface area contributed by atoms with Crippen LogP contribution in [0.1, 0.15) is 53.4 Å². The van der Waals surface area contributed by atoms with Crippen LogP contribution in [0.2, 0.25) is 0 Å². The molecule has 0 bridgehead atoms. The minimum absolute atomic E-state index is 0.0890. The largest absolute Gasteiger partial charge is 0.352 e. The fourth-order valence-electron chi connectivity index (χ4n) is 3.91. The van der Waals surface area contributed by atoms with Gasteiger partial charge in [0.15, 0.2) is 0 Å². The Bertz CT molecular complexity index is 1440. The van der Waals surface area contributed by atoms with Crippen molar-refractivity contribution in [3.63, 3.8) is 0 Å². The number of ketones is 1. The van der Waals surface area contributed by atoms with Crippen LogP contribution in [-0.2, 0) is 15.4 Å². The number of fused-ring (bicyclic) bond motifs is 1. The molecule has 0 heterocycles. The summed E-state index contributed by atoms with van der Waals surface area (Å²) in [6, 6.07) is 19.6. The monoisotopic (exact) mass is 472 g/mol. The Kier molecular flexibility index (Phi) is 6.04. The predicted molar refractivity (Wildman–Crippen MR) is 137 cm³/mol. The van der Waals surface area contributed by atoms with Gasteiger partial charge in [0.1, 0.15) is 0 Å². The number of sulfonamides is 1. The first-order valence-corrected chi connectivity index (χ1v) is 12.6. The lowest BCUT2D eigenvalue weighted by Gasteiger charge is -2.20. The Balaban J connectivity index is 1.78. The van der Waals surface area contributed by atoms with Crippen molar-refractivity contribution in [2.45, 2.75) is 44.9 Å². The number of Topliss-reactive ketones (excluding diaryl/α,β-unsaturated/α-hetero) is 1. The quantitative estimate of drug-likeness (QED) is 0.507. The molecule has 34 heavy (non-hydrogen) atoms. The minimum atomic E-state index is -3.99. The Hall–Kier alpha value is -3.51. The van der Waals surface area contributed by atoms with Crippen LogP contribution >= 0.6 is 0 Å². The highest BCUT2D eigenvalue weighted by Crippen LogP contribution is 2.28. The molecule has 0 spiro atoms. The third-order valence-corrected chi connectivity index (χ3v) is 7.17. The zero-order valence-electron chi connectivity index (χ0n) is 20.0. The smallest absolute Gasteiger partial charge is 0.282 e. The van der Waals surface area contributed by atoms with Crippen LogP contribution in [-0.4, -0.2) is 19.9 Å². The van der Waals surface area contributed by atoms with Gasteiger partial charge in [0, 0.05) is 16.8 Å². The van der Waals surface area contributed by atoms with E-state index in [9.17, 15) is 13.2 Å². The highest BCUT2D eigenvalue weighted by atomic mass is 32.2. The molecule has 3 aromatic carbocycles. The lowest BCUT2D eigenvalue weighted by atomic mass is 9.87. The predicted octanol–water partition coefficient (Wildman–Crippen LogP) is 5.97. The number of allylic oxidation sites excluding steroid dienone is 2. The van der Waals surface area contributed by atoms with E-state index >= 15 is 0 Å². The SMILES string of the molecule is Cc1ccc(NC2=C/C(=N\S(=O)(=O)c3ccc(C(C)(C)C)cc3)c3ccccc3C2=O)c(C)c1. The van der Waals surface area contributed by atoms with E-state index in [4.69, 9.17) is 0 Å². The van der Waals surface area contributed by atoms with E-state index in [1.807, 2.05) is 44.2 Å². The maximum absolute atomic E-state index is 13.2. The first-order chi connectivity index (χ1) is 16.0. The number of rotatable bonds is 4. The molecule has 0 amide bonds. The number of carbonyl (C=O) groups is 1. The molecule has 174 valence electrons. The summed E-state index contributed by atoms with van der Waals surface area (Å²) in [5, 5.41) is 3.18. The van der Waals surface area contributed by atoms with Gasteiger partial charge in [-0.25, -0.2) is 0 Å². The van der Waals surface area contributed by atoms with Crippen LogP contribution in [0, 0.1) is 13.8 Å². The number of benzene rings is 3. The molecule has 0 saturated carbocycles. The molecule has 1 aliphatic carbocycles. The van der Waals surface area contributed by atoms with Crippen molar-refractivity contribution in [3.05, 3.63) is 106 Å². The van der Waals surface area contributed by atoms with E-state index in [1.165, 1.54) is 6.08 Å². The Morgan fingerprint density at radius 3 is 2.12 bits per heavy atom. The molecule has 1 N–H and O–H groups in total. The van der Waals surface area contributed by atoms with Gasteiger partial charge >= 0.3 is 0 Å². The van der Waals surface area contributed by atoms with Gasteiger partial charge in [0.05, 0.1) is 16.3 Å². The Labute approximate surface area is 201 Å². The number of hydrogen-bond donors (Lipinski definition) is 1. The average molecular weight is 473 g/mol. The summed E-state index contributed by atoms with van der Waals surface area (Å²) >= 11 is 0. The van der Waals surface area contributed by atoms with E-state index in [-0.39, 0.29) is 27.5 Å². The molecular formula is C28H28N2O3S. The summed E-state index contributed by atoms with van der Waals surface area (Å²) in [7, 11) is -3.99. The van der Waals surface area contributed by atoms with Crippen molar-refractivity contribution >= 4 is 27.2 Å². The van der Waals surface area contributed by atoms with Crippen LogP contribution in [0.15, 0.2) is 87.8 Å². The van der Waals surface area contributed by atoms with Gasteiger partial charge in [-0.15, -0.1) is 0 Å². The second-order valence-corrected chi connectivity index (χ2v) is 11.2. The molecule has 4 rings (SSSR count). The third kappa shape index (κ3) is 4.73. The van der Waals surface area contributed by atoms with Crippen LogP contribution < -0.4 is 5.32 Å². The standard InChI is InChI=1S/C28H28N2O3S/c1-18-10-15-24(19(2)16-18)29-26-17-25(22-8-6-7-9-23(22)27(26)31)30-34(32,33)21-13-11-20(12-14-21)28(3,4)5/h6-17,29H,1-5H3/b30-25+. The highest BCUT2D eigenvalue weighted by molar-refractivity contribution is 7.90. The molecule has 0 radical (unpaired) electrons. The third-order valence-electron chi connectivity index (χ3n) is 5.86. The number of nitrogens with zero attached hydrogens (tertiary/aromatic N) is 1. The molecule has 0 fully saturated rings. The first kappa shape index (κ1) is 23.6. The Morgan fingerprint density at radius 1 is 0.853 bits per heavy atom. The molecule has 0 aliphatic heterocycles. The summed E-state index contributed by atoms with van der Waals surface area (Å²) in [4.78, 5) is 13.3. The normalized spacial score (nSPS) is 15.1. The van der Waals surface area contributed by atoms with Crippen LogP contribution in [0.3, 0.4) is 0 Å². The number of hydrogen-bond acceptors (Lipinski definition) is 4. The molecule has 0 aromatic heterocycles. The molecule has 0 unspecified atom stereocenters. The first-order valence-electron chi connectivity index (χ1n) is 11.1. The van der Waals surface area contributed by atoms with Gasteiger partial charge in [-0.2, -0.15) is 12.8 Å². The van der Waals surface area contributed by atoms with E-state index in [0.29, 0.717) is 11.1 Å². The van der Waals surface area contributed by atoms with E-state index in [1.54, 1.807) is 36.4 Å². The van der Waals surface area contributed by atoms with E-state index in [0.717, 1.165) is 22.4 Å². The van der Waals surface area contributed by atoms with Crippen molar-refractivity contribution < 1.29 is 13.2 Å². The van der Waals surface area contributed by atoms with Crippen LogP contribution in [0.4, 0.5) is 5.69 Å². The summed E-state index contributed by atoms with van der Waals surface area (Å²) in [6.07, 6.45) is 1.52. The van der Waals surface area contributed by atoms with Crippen molar-refractivity contribution in [3.8, 4) is 0 Å². The van der Waals surface area contributed by atoms with Crippen molar-refractivity contribution in [2.75, 3.05) is 5.32 Å². The molecule has 5 nitrogen and oxygen atoms in total. The maximum atomic E-state index is 13.2. The molecular weight excluding hydrogens is 444 g/mol. The van der Waals surface area contributed by atoms with Crippen molar-refractivity contribution in [2.24, 2.45) is 4.40 Å². The molecule has 6 heteroatoms. The van der Waals surface area contributed by atoms with Gasteiger partial charge in [-0.3, -0.25) is 4.79 Å². The second kappa shape index (κ2) is 8.69. The average Bonchev–Trinajstić information content (AvgIpc) is 2.78. The van der Waals surface area contributed by atoms with Crippen LogP contribution in [0.25, 0.3) is 0 Å². The van der Waals surface area contributed by atoms with Gasteiger partial charge < -0.3 is 5.32 Å². The van der Waals surface area contributed by atoms with E-state index < -0.39 is 10.0 Å². The summed E-state index contributed by atoms with van der Waals surface area (Å²) in [5.41, 5.74) is 5.24. The van der Waals surface area contributed by atoms with E-state index in [2.05, 4.69) is 30.5 Å². The highest BCUT2D eigenvalue weighted by Gasteiger charge is 2.26. The number of anilines is 1. The van der Waals surface area contributed by atoms with Crippen molar-refractivity contribution in [1.29, 1.82) is 0 Å². The number of nitrogens with one attached hydrogen (secondary N) is 1. The van der Waals surface area contributed by atoms with Crippen LogP contribution in [0.5, 0.6) is 0 Å². The van der Waals surface area contributed by atoms with Gasteiger partial charge in [0.2, 0.25) is 5.78 Å². The van der Waals surface area contributed by atoms with Gasteiger partial charge in [-0.05, 0) is 54.7 Å². The minimum Gasteiger partial charge on any atom is -0.352 e. The summed E-state index contributed by atoms with van der Waals surface area (Å²) in [6.45, 7) is 10.2. The van der Waals surface area contributed by atoms with Crippen molar-refractivity contribution in [1.82, 2.24) is 0 Å². The topological polar surface area (TPSA) is 75.6 Å².